The number of benzene rings is 1. The molecule has 144 valence electrons. The van der Waals surface area contributed by atoms with Gasteiger partial charge in [-0.2, -0.15) is 0 Å². The highest BCUT2D eigenvalue weighted by Crippen LogP contribution is 2.43. The second-order valence-corrected chi connectivity index (χ2v) is 8.45. The van der Waals surface area contributed by atoms with E-state index in [0.717, 1.165) is 58.3 Å². The molecule has 0 bridgehead atoms. The molecule has 4 heteroatoms. The first kappa shape index (κ1) is 18.4. The van der Waals surface area contributed by atoms with Crippen molar-refractivity contribution in [1.29, 1.82) is 0 Å². The van der Waals surface area contributed by atoms with Crippen LogP contribution in [-0.4, -0.2) is 55.2 Å². The van der Waals surface area contributed by atoms with Crippen LogP contribution < -0.4 is 0 Å². The van der Waals surface area contributed by atoms with Crippen molar-refractivity contribution in [2.75, 3.05) is 26.2 Å². The average molecular weight is 360 g/mol. The predicted octanol–water partition coefficient (Wildman–Crippen LogP) is 3.96. The summed E-state index contributed by atoms with van der Waals surface area (Å²) in [5.74, 6) is 0.353. The van der Waals surface area contributed by atoms with Crippen LogP contribution in [0.2, 0.25) is 0 Å². The molecule has 2 heterocycles. The SMILES string of the molecule is CC1CN(CCC2COC3(CCC(c4ccccc4)CC3)O2)CC(C)O1. The zero-order valence-corrected chi connectivity index (χ0v) is 16.2. The van der Waals surface area contributed by atoms with Crippen molar-refractivity contribution >= 4 is 0 Å². The molecule has 26 heavy (non-hydrogen) atoms. The van der Waals surface area contributed by atoms with Crippen LogP contribution in [0.25, 0.3) is 0 Å². The van der Waals surface area contributed by atoms with Gasteiger partial charge < -0.3 is 14.2 Å². The predicted molar refractivity (Wildman–Crippen MR) is 102 cm³/mol. The minimum absolute atomic E-state index is 0.247. The Morgan fingerprint density at radius 1 is 1.04 bits per heavy atom. The number of ether oxygens (including phenoxy) is 3. The van der Waals surface area contributed by atoms with Crippen LogP contribution in [-0.2, 0) is 14.2 Å². The van der Waals surface area contributed by atoms with Crippen LogP contribution in [0, 0.1) is 0 Å². The largest absolute Gasteiger partial charge is 0.373 e. The molecular formula is C22H33NO3. The van der Waals surface area contributed by atoms with E-state index in [1.807, 2.05) is 0 Å². The number of nitrogens with zero attached hydrogens (tertiary/aromatic N) is 1. The van der Waals surface area contributed by atoms with Gasteiger partial charge in [-0.25, -0.2) is 0 Å². The van der Waals surface area contributed by atoms with Crippen molar-refractivity contribution < 1.29 is 14.2 Å². The van der Waals surface area contributed by atoms with Gasteiger partial charge in [0.25, 0.3) is 0 Å². The molecule has 4 rings (SSSR count). The zero-order valence-electron chi connectivity index (χ0n) is 16.2. The Morgan fingerprint density at radius 3 is 2.42 bits per heavy atom. The van der Waals surface area contributed by atoms with Gasteiger partial charge in [-0.05, 0) is 44.6 Å². The summed E-state index contributed by atoms with van der Waals surface area (Å²) in [6, 6.07) is 10.9. The molecule has 1 aromatic carbocycles. The van der Waals surface area contributed by atoms with E-state index < -0.39 is 0 Å². The first-order chi connectivity index (χ1) is 12.6. The molecule has 3 unspecified atom stereocenters. The van der Waals surface area contributed by atoms with E-state index in [-0.39, 0.29) is 11.9 Å². The van der Waals surface area contributed by atoms with Crippen molar-refractivity contribution in [2.45, 2.75) is 76.0 Å². The van der Waals surface area contributed by atoms with Gasteiger partial charge in [0.15, 0.2) is 5.79 Å². The molecule has 1 aromatic rings. The average Bonchev–Trinajstić information content (AvgIpc) is 3.03. The fourth-order valence-electron chi connectivity index (χ4n) is 4.93. The molecule has 0 radical (unpaired) electrons. The maximum absolute atomic E-state index is 6.44. The summed E-state index contributed by atoms with van der Waals surface area (Å²) in [6.07, 6.45) is 6.34. The summed E-state index contributed by atoms with van der Waals surface area (Å²) in [4.78, 5) is 2.51. The summed E-state index contributed by atoms with van der Waals surface area (Å²) in [5.41, 5.74) is 1.47. The second kappa shape index (κ2) is 7.97. The first-order valence-electron chi connectivity index (χ1n) is 10.4. The van der Waals surface area contributed by atoms with Crippen LogP contribution in [0.15, 0.2) is 30.3 Å². The molecule has 0 N–H and O–H groups in total. The van der Waals surface area contributed by atoms with Crippen molar-refractivity contribution in [1.82, 2.24) is 4.90 Å². The Labute approximate surface area is 157 Å². The van der Waals surface area contributed by atoms with Gasteiger partial charge in [0.1, 0.15) is 0 Å². The number of hydrogen-bond donors (Lipinski definition) is 0. The van der Waals surface area contributed by atoms with Gasteiger partial charge in [0.05, 0.1) is 24.9 Å². The van der Waals surface area contributed by atoms with Gasteiger partial charge in [-0.15, -0.1) is 0 Å². The normalized spacial score (nSPS) is 38.7. The lowest BCUT2D eigenvalue weighted by molar-refractivity contribution is -0.190. The maximum Gasteiger partial charge on any atom is 0.168 e. The lowest BCUT2D eigenvalue weighted by atomic mass is 9.81. The van der Waals surface area contributed by atoms with E-state index in [0.29, 0.717) is 18.1 Å². The van der Waals surface area contributed by atoms with Crippen LogP contribution in [0.3, 0.4) is 0 Å². The number of rotatable bonds is 4. The van der Waals surface area contributed by atoms with Crippen LogP contribution >= 0.6 is 0 Å². The van der Waals surface area contributed by atoms with E-state index in [9.17, 15) is 0 Å². The summed E-state index contributed by atoms with van der Waals surface area (Å²) in [5, 5.41) is 0. The zero-order chi connectivity index (χ0) is 18.0. The molecule has 0 amide bonds. The molecule has 1 spiro atoms. The van der Waals surface area contributed by atoms with Crippen LogP contribution in [0.1, 0.15) is 57.4 Å². The van der Waals surface area contributed by atoms with Crippen molar-refractivity contribution in [2.24, 2.45) is 0 Å². The molecule has 3 atom stereocenters. The van der Waals surface area contributed by atoms with Crippen LogP contribution in [0.4, 0.5) is 0 Å². The summed E-state index contributed by atoms with van der Waals surface area (Å²) in [6.45, 7) is 8.22. The third-order valence-corrected chi connectivity index (χ3v) is 6.19. The fraction of sp³-hybridized carbons (Fsp3) is 0.727. The standard InChI is InChI=1S/C22H33NO3/c1-17-14-23(15-18(2)25-17)13-10-21-16-24-22(26-21)11-8-20(9-12-22)19-6-4-3-5-7-19/h3-7,17-18,20-21H,8-16H2,1-2H3. The smallest absolute Gasteiger partial charge is 0.168 e. The van der Waals surface area contributed by atoms with E-state index in [2.05, 4.69) is 49.1 Å². The highest BCUT2D eigenvalue weighted by atomic mass is 16.7. The summed E-state index contributed by atoms with van der Waals surface area (Å²) >= 11 is 0. The maximum atomic E-state index is 6.44. The van der Waals surface area contributed by atoms with E-state index >= 15 is 0 Å². The van der Waals surface area contributed by atoms with Crippen molar-refractivity contribution in [3.05, 3.63) is 35.9 Å². The van der Waals surface area contributed by atoms with Crippen molar-refractivity contribution in [3.8, 4) is 0 Å². The monoisotopic (exact) mass is 359 g/mol. The Kier molecular flexibility index (Phi) is 5.65. The molecule has 1 saturated carbocycles. The fourth-order valence-corrected chi connectivity index (χ4v) is 4.93. The van der Waals surface area contributed by atoms with Gasteiger partial charge in [0, 0.05) is 32.5 Å². The van der Waals surface area contributed by atoms with Crippen LogP contribution in [0.5, 0.6) is 0 Å². The summed E-state index contributed by atoms with van der Waals surface area (Å²) in [7, 11) is 0. The highest BCUT2D eigenvalue weighted by Gasteiger charge is 2.44. The summed E-state index contributed by atoms with van der Waals surface area (Å²) < 4.78 is 18.5. The number of morpholine rings is 1. The minimum Gasteiger partial charge on any atom is -0.373 e. The highest BCUT2D eigenvalue weighted by molar-refractivity contribution is 5.20. The molecule has 2 saturated heterocycles. The van der Waals surface area contributed by atoms with Crippen molar-refractivity contribution in [3.63, 3.8) is 0 Å². The topological polar surface area (TPSA) is 30.9 Å². The molecule has 2 aliphatic heterocycles. The number of hydrogen-bond acceptors (Lipinski definition) is 4. The molecule has 3 aliphatic rings. The molecule has 3 fully saturated rings. The van der Waals surface area contributed by atoms with E-state index in [4.69, 9.17) is 14.2 Å². The van der Waals surface area contributed by atoms with Gasteiger partial charge in [-0.1, -0.05) is 30.3 Å². The van der Waals surface area contributed by atoms with Gasteiger partial charge >= 0.3 is 0 Å². The first-order valence-corrected chi connectivity index (χ1v) is 10.4. The van der Waals surface area contributed by atoms with Gasteiger partial charge in [-0.3, -0.25) is 4.90 Å². The Balaban J connectivity index is 1.24. The Bertz CT molecular complexity index is 560. The Hall–Kier alpha value is -0.940. The third kappa shape index (κ3) is 4.30. The second-order valence-electron chi connectivity index (χ2n) is 8.45. The minimum atomic E-state index is -0.304. The lowest BCUT2D eigenvalue weighted by Crippen LogP contribution is -2.46. The van der Waals surface area contributed by atoms with Gasteiger partial charge in [0.2, 0.25) is 0 Å². The third-order valence-electron chi connectivity index (χ3n) is 6.19. The van der Waals surface area contributed by atoms with E-state index in [1.165, 1.54) is 5.56 Å². The quantitative estimate of drug-likeness (QED) is 0.814. The molecule has 4 nitrogen and oxygen atoms in total. The van der Waals surface area contributed by atoms with E-state index in [1.54, 1.807) is 0 Å². The molecule has 1 aliphatic carbocycles. The Morgan fingerprint density at radius 2 is 1.73 bits per heavy atom. The molecule has 0 aromatic heterocycles. The molecular weight excluding hydrogens is 326 g/mol. The lowest BCUT2D eigenvalue weighted by Gasteiger charge is -2.37.